The number of carbonyl (C=O) groups is 1. The first-order chi connectivity index (χ1) is 7.43. The highest BCUT2D eigenvalue weighted by atomic mass is 19.4. The Kier molecular flexibility index (Phi) is 2.22. The van der Waals surface area contributed by atoms with Gasteiger partial charge in [-0.25, -0.2) is 4.98 Å². The summed E-state index contributed by atoms with van der Waals surface area (Å²) in [5.41, 5.74) is -0.000557. The molecule has 0 saturated carbocycles. The highest BCUT2D eigenvalue weighted by molar-refractivity contribution is 5.86. The third-order valence-electron chi connectivity index (χ3n) is 2.35. The summed E-state index contributed by atoms with van der Waals surface area (Å²) in [6, 6.07) is 3.53. The predicted molar refractivity (Wildman–Crippen MR) is 51.1 cm³/mol. The van der Waals surface area contributed by atoms with Gasteiger partial charge in [0.1, 0.15) is 5.69 Å². The number of aldehydes is 1. The lowest BCUT2D eigenvalue weighted by atomic mass is 10.3. The monoisotopic (exact) mass is 228 g/mol. The van der Waals surface area contributed by atoms with Crippen LogP contribution in [0.25, 0.3) is 11.0 Å². The molecule has 84 valence electrons. The van der Waals surface area contributed by atoms with Crippen LogP contribution >= 0.6 is 0 Å². The van der Waals surface area contributed by atoms with Crippen molar-refractivity contribution in [1.29, 1.82) is 0 Å². The van der Waals surface area contributed by atoms with E-state index in [2.05, 4.69) is 4.98 Å². The molecule has 6 heteroatoms. The van der Waals surface area contributed by atoms with Crippen LogP contribution in [-0.2, 0) is 13.2 Å². The van der Waals surface area contributed by atoms with Gasteiger partial charge in [0.2, 0.25) is 0 Å². The lowest BCUT2D eigenvalue weighted by molar-refractivity contribution is -0.140. The summed E-state index contributed by atoms with van der Waals surface area (Å²) in [7, 11) is 1.60. The van der Waals surface area contributed by atoms with Gasteiger partial charge in [-0.3, -0.25) is 4.79 Å². The van der Waals surface area contributed by atoms with Crippen molar-refractivity contribution in [3.63, 3.8) is 0 Å². The van der Waals surface area contributed by atoms with Gasteiger partial charge in [-0.1, -0.05) is 0 Å². The van der Waals surface area contributed by atoms with Gasteiger partial charge in [0.05, 0.1) is 16.7 Å². The molecule has 0 N–H and O–H groups in total. The van der Waals surface area contributed by atoms with Crippen molar-refractivity contribution in [2.45, 2.75) is 6.18 Å². The Bertz CT molecular complexity index is 557. The van der Waals surface area contributed by atoms with Gasteiger partial charge in [-0.15, -0.1) is 0 Å². The van der Waals surface area contributed by atoms with E-state index in [1.54, 1.807) is 7.05 Å². The van der Waals surface area contributed by atoms with Gasteiger partial charge in [0.25, 0.3) is 0 Å². The number of nitrogens with zero attached hydrogens (tertiary/aromatic N) is 2. The van der Waals surface area contributed by atoms with E-state index in [9.17, 15) is 18.0 Å². The zero-order valence-corrected chi connectivity index (χ0v) is 8.25. The van der Waals surface area contributed by atoms with Crippen LogP contribution < -0.4 is 0 Å². The summed E-state index contributed by atoms with van der Waals surface area (Å²) in [6.07, 6.45) is -3.89. The lowest BCUT2D eigenvalue weighted by Crippen LogP contribution is -2.07. The highest BCUT2D eigenvalue weighted by Crippen LogP contribution is 2.29. The number of aromatic nitrogens is 2. The molecule has 0 radical (unpaired) electrons. The fourth-order valence-electron chi connectivity index (χ4n) is 1.50. The standard InChI is InChI=1S/C10H7F3N2O/c1-15-6(5-16)4-7-8(15)2-3-9(14-7)10(11,12)13/h2-5H,1H3. The number of pyridine rings is 1. The average Bonchev–Trinajstić information content (AvgIpc) is 2.54. The first kappa shape index (κ1) is 10.7. The first-order valence-corrected chi connectivity index (χ1v) is 4.42. The second kappa shape index (κ2) is 3.33. The predicted octanol–water partition coefficient (Wildman–Crippen LogP) is 2.40. The van der Waals surface area contributed by atoms with Crippen molar-refractivity contribution >= 4 is 17.3 Å². The van der Waals surface area contributed by atoms with Gasteiger partial charge in [0.15, 0.2) is 6.29 Å². The summed E-state index contributed by atoms with van der Waals surface area (Å²) in [5, 5.41) is 0. The molecule has 0 fully saturated rings. The van der Waals surface area contributed by atoms with Gasteiger partial charge in [-0.2, -0.15) is 13.2 Å². The van der Waals surface area contributed by atoms with Gasteiger partial charge >= 0.3 is 6.18 Å². The number of halogens is 3. The topological polar surface area (TPSA) is 34.9 Å². The largest absolute Gasteiger partial charge is 0.433 e. The molecule has 2 aromatic heterocycles. The maximum atomic E-state index is 12.4. The molecule has 3 nitrogen and oxygen atoms in total. The second-order valence-corrected chi connectivity index (χ2v) is 3.34. The number of alkyl halides is 3. The Morgan fingerprint density at radius 3 is 2.62 bits per heavy atom. The maximum absolute atomic E-state index is 12.4. The van der Waals surface area contributed by atoms with Crippen LogP contribution in [0.2, 0.25) is 0 Å². The Morgan fingerprint density at radius 2 is 2.06 bits per heavy atom. The van der Waals surface area contributed by atoms with Crippen LogP contribution in [0.3, 0.4) is 0 Å². The molecule has 0 atom stereocenters. The summed E-state index contributed by atoms with van der Waals surface area (Å²) in [4.78, 5) is 14.1. The zero-order valence-electron chi connectivity index (χ0n) is 8.25. The lowest BCUT2D eigenvalue weighted by Gasteiger charge is -2.05. The van der Waals surface area contributed by atoms with Crippen molar-refractivity contribution in [1.82, 2.24) is 9.55 Å². The minimum absolute atomic E-state index is 0.166. The van der Waals surface area contributed by atoms with E-state index in [0.717, 1.165) is 6.07 Å². The molecule has 0 unspecified atom stereocenters. The van der Waals surface area contributed by atoms with Crippen molar-refractivity contribution in [2.75, 3.05) is 0 Å². The van der Waals surface area contributed by atoms with E-state index < -0.39 is 11.9 Å². The minimum Gasteiger partial charge on any atom is -0.340 e. The smallest absolute Gasteiger partial charge is 0.340 e. The fraction of sp³-hybridized carbons (Fsp3) is 0.200. The maximum Gasteiger partial charge on any atom is 0.433 e. The molecular formula is C10H7F3N2O. The van der Waals surface area contributed by atoms with Crippen molar-refractivity contribution < 1.29 is 18.0 Å². The van der Waals surface area contributed by atoms with E-state index >= 15 is 0 Å². The number of fused-ring (bicyclic) bond motifs is 1. The molecule has 0 amide bonds. The number of hydrogen-bond donors (Lipinski definition) is 0. The Hall–Kier alpha value is -1.85. The van der Waals surface area contributed by atoms with Crippen molar-refractivity contribution in [3.8, 4) is 0 Å². The van der Waals surface area contributed by atoms with Crippen molar-refractivity contribution in [3.05, 3.63) is 29.6 Å². The third kappa shape index (κ3) is 1.56. The molecule has 0 bridgehead atoms. The van der Waals surface area contributed by atoms with Gasteiger partial charge in [0, 0.05) is 7.05 Å². The second-order valence-electron chi connectivity index (χ2n) is 3.34. The molecular weight excluding hydrogens is 221 g/mol. The van der Waals surface area contributed by atoms with E-state index in [1.807, 2.05) is 0 Å². The van der Waals surface area contributed by atoms with Crippen LogP contribution in [0.5, 0.6) is 0 Å². The summed E-state index contributed by atoms with van der Waals surface area (Å²) in [6.45, 7) is 0. The van der Waals surface area contributed by atoms with Gasteiger partial charge < -0.3 is 4.57 Å². The van der Waals surface area contributed by atoms with Crippen LogP contribution in [-0.4, -0.2) is 15.8 Å². The summed E-state index contributed by atoms with van der Waals surface area (Å²) >= 11 is 0. The molecule has 0 saturated heterocycles. The Balaban J connectivity index is 2.68. The highest BCUT2D eigenvalue weighted by Gasteiger charge is 2.32. The molecule has 0 aliphatic carbocycles. The quantitative estimate of drug-likeness (QED) is 0.702. The molecule has 0 aromatic carbocycles. The van der Waals surface area contributed by atoms with Crippen LogP contribution in [0.4, 0.5) is 13.2 Å². The summed E-state index contributed by atoms with van der Waals surface area (Å²) < 4.78 is 38.6. The SMILES string of the molecule is Cn1c(C=O)cc2nc(C(F)(F)F)ccc21. The van der Waals surface area contributed by atoms with Crippen molar-refractivity contribution in [2.24, 2.45) is 7.05 Å². The number of rotatable bonds is 1. The number of carbonyl (C=O) groups excluding carboxylic acids is 1. The number of aryl methyl sites for hydroxylation is 1. The van der Waals surface area contributed by atoms with E-state index in [0.29, 0.717) is 17.5 Å². The molecule has 2 rings (SSSR count). The van der Waals surface area contributed by atoms with E-state index in [-0.39, 0.29) is 5.52 Å². The average molecular weight is 228 g/mol. The Morgan fingerprint density at radius 1 is 1.38 bits per heavy atom. The zero-order chi connectivity index (χ0) is 11.9. The van der Waals surface area contributed by atoms with E-state index in [1.165, 1.54) is 16.7 Å². The fourth-order valence-corrected chi connectivity index (χ4v) is 1.50. The minimum atomic E-state index is -4.47. The van der Waals surface area contributed by atoms with Crippen LogP contribution in [0.1, 0.15) is 16.2 Å². The first-order valence-electron chi connectivity index (χ1n) is 4.42. The van der Waals surface area contributed by atoms with E-state index in [4.69, 9.17) is 0 Å². The number of hydrogen-bond acceptors (Lipinski definition) is 2. The normalized spacial score (nSPS) is 12.0. The van der Waals surface area contributed by atoms with Crippen LogP contribution in [0, 0.1) is 0 Å². The Labute approximate surface area is 88.5 Å². The molecule has 2 heterocycles. The third-order valence-corrected chi connectivity index (χ3v) is 2.35. The molecule has 0 aliphatic heterocycles. The summed E-state index contributed by atoms with van der Waals surface area (Å²) in [5.74, 6) is 0. The molecule has 0 aliphatic rings. The molecule has 0 spiro atoms. The molecule has 16 heavy (non-hydrogen) atoms. The molecule has 2 aromatic rings. The van der Waals surface area contributed by atoms with Crippen LogP contribution in [0.15, 0.2) is 18.2 Å². The van der Waals surface area contributed by atoms with Gasteiger partial charge in [-0.05, 0) is 18.2 Å².